The summed E-state index contributed by atoms with van der Waals surface area (Å²) in [5, 5.41) is 9.51. The molecule has 1 rings (SSSR count). The molecule has 0 amide bonds. The minimum absolute atomic E-state index is 0.630. The average molecular weight is 228 g/mol. The Hall–Kier alpha value is -0.670. The Morgan fingerprint density at radius 3 is 2.75 bits per heavy atom. The zero-order valence-electron chi connectivity index (χ0n) is 6.79. The fourth-order valence-corrected chi connectivity index (χ4v) is 1.04. The molecule has 0 aliphatic carbocycles. The number of aromatic nitrogens is 1. The normalized spacial score (nSPS) is 12.6. The third-order valence-electron chi connectivity index (χ3n) is 1.50. The number of aliphatic hydroxyl groups is 1. The van der Waals surface area contributed by atoms with Crippen LogP contribution in [0.1, 0.15) is 18.7 Å². The highest BCUT2D eigenvalue weighted by Crippen LogP contribution is 2.18. The highest BCUT2D eigenvalue weighted by molar-refractivity contribution is 9.10. The minimum atomic E-state index is -0.655. The van der Waals surface area contributed by atoms with Gasteiger partial charge < -0.3 is 5.11 Å². The Balaban J connectivity index is 2.89. The number of aliphatic hydroxyl groups excluding tert-OH is 1. The van der Waals surface area contributed by atoms with Crippen LogP contribution in [0, 0.1) is 0 Å². The van der Waals surface area contributed by atoms with Crippen molar-refractivity contribution in [2.24, 2.45) is 0 Å². The SMILES string of the molecule is C=C(C)C(O)c1ccc(Br)cn1. The molecule has 0 saturated heterocycles. The fourth-order valence-electron chi connectivity index (χ4n) is 0.801. The van der Waals surface area contributed by atoms with Gasteiger partial charge >= 0.3 is 0 Å². The molecule has 0 aliphatic rings. The first-order valence-corrected chi connectivity index (χ1v) is 4.35. The molecule has 0 radical (unpaired) electrons. The van der Waals surface area contributed by atoms with Gasteiger partial charge in [-0.2, -0.15) is 0 Å². The largest absolute Gasteiger partial charge is 0.382 e. The average Bonchev–Trinajstić information content (AvgIpc) is 2.04. The maximum atomic E-state index is 9.51. The lowest BCUT2D eigenvalue weighted by molar-refractivity contribution is 0.211. The Bertz CT molecular complexity index is 281. The summed E-state index contributed by atoms with van der Waals surface area (Å²) in [7, 11) is 0. The zero-order chi connectivity index (χ0) is 9.14. The molecule has 0 spiro atoms. The second kappa shape index (κ2) is 3.83. The molecule has 0 saturated carbocycles. The van der Waals surface area contributed by atoms with Crippen molar-refractivity contribution in [1.29, 1.82) is 0 Å². The summed E-state index contributed by atoms with van der Waals surface area (Å²) in [5.74, 6) is 0. The van der Waals surface area contributed by atoms with E-state index in [0.717, 1.165) is 4.47 Å². The van der Waals surface area contributed by atoms with Crippen LogP contribution >= 0.6 is 15.9 Å². The molecule has 12 heavy (non-hydrogen) atoms. The van der Waals surface area contributed by atoms with Gasteiger partial charge in [0.15, 0.2) is 0 Å². The van der Waals surface area contributed by atoms with Gasteiger partial charge in [0, 0.05) is 10.7 Å². The van der Waals surface area contributed by atoms with Crippen molar-refractivity contribution >= 4 is 15.9 Å². The van der Waals surface area contributed by atoms with Gasteiger partial charge in [-0.25, -0.2) is 0 Å². The van der Waals surface area contributed by atoms with E-state index in [1.165, 1.54) is 0 Å². The summed E-state index contributed by atoms with van der Waals surface area (Å²) in [6.07, 6.45) is 1.000. The van der Waals surface area contributed by atoms with Crippen LogP contribution < -0.4 is 0 Å². The number of hydrogen-bond acceptors (Lipinski definition) is 2. The van der Waals surface area contributed by atoms with Crippen molar-refractivity contribution in [1.82, 2.24) is 4.98 Å². The first-order chi connectivity index (χ1) is 5.61. The van der Waals surface area contributed by atoms with E-state index in [4.69, 9.17) is 0 Å². The van der Waals surface area contributed by atoms with Crippen LogP contribution in [0.5, 0.6) is 0 Å². The molecular formula is C9H10BrNO. The second-order valence-corrected chi connectivity index (χ2v) is 3.57. The van der Waals surface area contributed by atoms with Gasteiger partial charge in [-0.15, -0.1) is 0 Å². The topological polar surface area (TPSA) is 33.1 Å². The summed E-state index contributed by atoms with van der Waals surface area (Å²) in [4.78, 5) is 4.04. The number of halogens is 1. The van der Waals surface area contributed by atoms with Gasteiger partial charge in [-0.3, -0.25) is 4.98 Å². The quantitative estimate of drug-likeness (QED) is 0.788. The number of hydrogen-bond donors (Lipinski definition) is 1. The van der Waals surface area contributed by atoms with Gasteiger partial charge in [0.05, 0.1) is 5.69 Å². The number of rotatable bonds is 2. The molecule has 1 atom stereocenters. The van der Waals surface area contributed by atoms with Crippen LogP contribution in [0.25, 0.3) is 0 Å². The lowest BCUT2D eigenvalue weighted by Crippen LogP contribution is -2.00. The standard InChI is InChI=1S/C9H10BrNO/c1-6(2)9(12)8-4-3-7(10)5-11-8/h3-5,9,12H,1H2,2H3. The molecular weight excluding hydrogens is 218 g/mol. The Labute approximate surface area is 80.1 Å². The molecule has 2 nitrogen and oxygen atoms in total. The third-order valence-corrected chi connectivity index (χ3v) is 1.97. The maximum Gasteiger partial charge on any atom is 0.116 e. The van der Waals surface area contributed by atoms with Crippen molar-refractivity contribution < 1.29 is 5.11 Å². The molecule has 0 fully saturated rings. The van der Waals surface area contributed by atoms with E-state index < -0.39 is 6.10 Å². The lowest BCUT2D eigenvalue weighted by atomic mass is 10.1. The highest BCUT2D eigenvalue weighted by Gasteiger charge is 2.08. The van der Waals surface area contributed by atoms with Crippen LogP contribution in [-0.2, 0) is 0 Å². The van der Waals surface area contributed by atoms with Crippen LogP contribution in [0.4, 0.5) is 0 Å². The molecule has 64 valence electrons. The summed E-state index contributed by atoms with van der Waals surface area (Å²) in [5.41, 5.74) is 1.33. The Kier molecular flexibility index (Phi) is 3.00. The van der Waals surface area contributed by atoms with Crippen molar-refractivity contribution in [2.45, 2.75) is 13.0 Å². The number of nitrogens with zero attached hydrogens (tertiary/aromatic N) is 1. The Morgan fingerprint density at radius 1 is 1.67 bits per heavy atom. The molecule has 0 aliphatic heterocycles. The molecule has 3 heteroatoms. The summed E-state index contributed by atoms with van der Waals surface area (Å²) in [6, 6.07) is 3.61. The predicted octanol–water partition coefficient (Wildman–Crippen LogP) is 2.45. The fraction of sp³-hybridized carbons (Fsp3) is 0.222. The Morgan fingerprint density at radius 2 is 2.33 bits per heavy atom. The molecule has 1 aromatic rings. The smallest absolute Gasteiger partial charge is 0.116 e. The van der Waals surface area contributed by atoms with E-state index in [2.05, 4.69) is 27.5 Å². The van der Waals surface area contributed by atoms with Crippen LogP contribution in [0.3, 0.4) is 0 Å². The van der Waals surface area contributed by atoms with Crippen LogP contribution in [-0.4, -0.2) is 10.1 Å². The van der Waals surface area contributed by atoms with Gasteiger partial charge in [-0.1, -0.05) is 6.58 Å². The minimum Gasteiger partial charge on any atom is -0.382 e. The lowest BCUT2D eigenvalue weighted by Gasteiger charge is -2.08. The van der Waals surface area contributed by atoms with Crippen LogP contribution in [0.15, 0.2) is 35.0 Å². The third kappa shape index (κ3) is 2.16. The van der Waals surface area contributed by atoms with Crippen molar-refractivity contribution in [3.8, 4) is 0 Å². The van der Waals surface area contributed by atoms with E-state index in [9.17, 15) is 5.11 Å². The van der Waals surface area contributed by atoms with Gasteiger partial charge in [-0.05, 0) is 40.6 Å². The van der Waals surface area contributed by atoms with E-state index in [1.54, 1.807) is 19.2 Å². The molecule has 1 heterocycles. The van der Waals surface area contributed by atoms with E-state index in [-0.39, 0.29) is 0 Å². The summed E-state index contributed by atoms with van der Waals surface area (Å²) >= 11 is 3.27. The summed E-state index contributed by atoms with van der Waals surface area (Å²) in [6.45, 7) is 5.42. The van der Waals surface area contributed by atoms with Crippen molar-refractivity contribution in [2.75, 3.05) is 0 Å². The highest BCUT2D eigenvalue weighted by atomic mass is 79.9. The number of pyridine rings is 1. The predicted molar refractivity (Wildman–Crippen MR) is 51.7 cm³/mol. The zero-order valence-corrected chi connectivity index (χ0v) is 8.37. The van der Waals surface area contributed by atoms with E-state index in [0.29, 0.717) is 11.3 Å². The van der Waals surface area contributed by atoms with E-state index in [1.807, 2.05) is 6.07 Å². The molecule has 1 aromatic heterocycles. The van der Waals surface area contributed by atoms with Gasteiger partial charge in [0.2, 0.25) is 0 Å². The van der Waals surface area contributed by atoms with E-state index >= 15 is 0 Å². The van der Waals surface area contributed by atoms with Crippen molar-refractivity contribution in [3.63, 3.8) is 0 Å². The molecule has 0 bridgehead atoms. The first kappa shape index (κ1) is 9.42. The van der Waals surface area contributed by atoms with Gasteiger partial charge in [0.1, 0.15) is 6.10 Å². The first-order valence-electron chi connectivity index (χ1n) is 3.56. The summed E-state index contributed by atoms with van der Waals surface area (Å²) < 4.78 is 0.903. The molecule has 1 unspecified atom stereocenters. The van der Waals surface area contributed by atoms with Gasteiger partial charge in [0.25, 0.3) is 0 Å². The molecule has 0 aromatic carbocycles. The van der Waals surface area contributed by atoms with Crippen molar-refractivity contribution in [3.05, 3.63) is 40.6 Å². The van der Waals surface area contributed by atoms with Crippen LogP contribution in [0.2, 0.25) is 0 Å². The monoisotopic (exact) mass is 227 g/mol. The second-order valence-electron chi connectivity index (χ2n) is 2.65. The maximum absolute atomic E-state index is 9.51. The molecule has 1 N–H and O–H groups in total.